The molecule has 1 aromatic carbocycles. The summed E-state index contributed by atoms with van der Waals surface area (Å²) >= 11 is 3.48. The van der Waals surface area contributed by atoms with Gasteiger partial charge in [0.15, 0.2) is 0 Å². The quantitative estimate of drug-likeness (QED) is 0.903. The highest BCUT2D eigenvalue weighted by Crippen LogP contribution is 2.31. The van der Waals surface area contributed by atoms with Crippen molar-refractivity contribution in [3.63, 3.8) is 0 Å². The first-order valence-corrected chi connectivity index (χ1v) is 6.64. The fourth-order valence-electron chi connectivity index (χ4n) is 2.53. The Labute approximate surface area is 106 Å². The van der Waals surface area contributed by atoms with Crippen LogP contribution in [0.25, 0.3) is 0 Å². The van der Waals surface area contributed by atoms with Gasteiger partial charge in [0.25, 0.3) is 0 Å². The molecule has 0 spiro atoms. The van der Waals surface area contributed by atoms with Crippen molar-refractivity contribution in [1.29, 1.82) is 0 Å². The van der Waals surface area contributed by atoms with Crippen LogP contribution in [0, 0.1) is 5.92 Å². The Bertz CT molecular complexity index is 336. The number of hydrogen-bond donors (Lipinski definition) is 1. The minimum atomic E-state index is 0.594. The van der Waals surface area contributed by atoms with Crippen molar-refractivity contribution < 1.29 is 0 Å². The van der Waals surface area contributed by atoms with E-state index in [-0.39, 0.29) is 0 Å². The third kappa shape index (κ3) is 2.65. The number of likely N-dealkylation sites (N-methyl/N-ethyl adjacent to an activating group) is 1. The SMILES string of the molecule is CN1CCC(CN)C(c2ccc(Br)cc2)C1. The summed E-state index contributed by atoms with van der Waals surface area (Å²) in [4.78, 5) is 2.40. The first-order valence-electron chi connectivity index (χ1n) is 5.85. The van der Waals surface area contributed by atoms with E-state index in [0.29, 0.717) is 11.8 Å². The number of piperidine rings is 1. The van der Waals surface area contributed by atoms with Gasteiger partial charge in [0, 0.05) is 16.9 Å². The molecule has 2 rings (SSSR count). The van der Waals surface area contributed by atoms with Crippen molar-refractivity contribution >= 4 is 15.9 Å². The lowest BCUT2D eigenvalue weighted by molar-refractivity contribution is 0.193. The second-order valence-corrected chi connectivity index (χ2v) is 5.62. The van der Waals surface area contributed by atoms with Crippen LogP contribution in [0.2, 0.25) is 0 Å². The van der Waals surface area contributed by atoms with Crippen LogP contribution >= 0.6 is 15.9 Å². The normalized spacial score (nSPS) is 26.9. The van der Waals surface area contributed by atoms with Gasteiger partial charge in [-0.05, 0) is 50.2 Å². The molecule has 16 heavy (non-hydrogen) atoms. The molecule has 2 N–H and O–H groups in total. The monoisotopic (exact) mass is 282 g/mol. The molecule has 1 heterocycles. The summed E-state index contributed by atoms with van der Waals surface area (Å²) in [5.41, 5.74) is 7.30. The lowest BCUT2D eigenvalue weighted by Gasteiger charge is -2.36. The number of nitrogens with zero attached hydrogens (tertiary/aromatic N) is 1. The van der Waals surface area contributed by atoms with Crippen LogP contribution in [-0.4, -0.2) is 31.6 Å². The molecule has 0 amide bonds. The van der Waals surface area contributed by atoms with E-state index in [1.165, 1.54) is 18.5 Å². The lowest BCUT2D eigenvalue weighted by atomic mass is 9.81. The number of rotatable bonds is 2. The van der Waals surface area contributed by atoms with Crippen LogP contribution in [0.1, 0.15) is 17.9 Å². The smallest absolute Gasteiger partial charge is 0.0175 e. The summed E-state index contributed by atoms with van der Waals surface area (Å²) in [6, 6.07) is 8.68. The maximum absolute atomic E-state index is 5.88. The van der Waals surface area contributed by atoms with Crippen LogP contribution in [0.15, 0.2) is 28.7 Å². The van der Waals surface area contributed by atoms with Gasteiger partial charge >= 0.3 is 0 Å². The van der Waals surface area contributed by atoms with Gasteiger partial charge in [0.1, 0.15) is 0 Å². The minimum Gasteiger partial charge on any atom is -0.330 e. The predicted octanol–water partition coefficient (Wildman–Crippen LogP) is 2.44. The Morgan fingerprint density at radius 2 is 2.06 bits per heavy atom. The molecule has 0 aliphatic carbocycles. The molecular formula is C13H19BrN2. The van der Waals surface area contributed by atoms with Gasteiger partial charge in [-0.25, -0.2) is 0 Å². The van der Waals surface area contributed by atoms with Gasteiger partial charge in [-0.3, -0.25) is 0 Å². The average Bonchev–Trinajstić information content (AvgIpc) is 2.30. The van der Waals surface area contributed by atoms with Crippen molar-refractivity contribution in [2.24, 2.45) is 11.7 Å². The molecule has 2 unspecified atom stereocenters. The van der Waals surface area contributed by atoms with E-state index in [4.69, 9.17) is 5.73 Å². The van der Waals surface area contributed by atoms with Gasteiger partial charge in [0.2, 0.25) is 0 Å². The number of hydrogen-bond acceptors (Lipinski definition) is 2. The Morgan fingerprint density at radius 3 is 2.69 bits per heavy atom. The number of benzene rings is 1. The molecule has 0 radical (unpaired) electrons. The van der Waals surface area contributed by atoms with E-state index < -0.39 is 0 Å². The molecule has 2 nitrogen and oxygen atoms in total. The summed E-state index contributed by atoms with van der Waals surface area (Å²) in [5.74, 6) is 1.23. The summed E-state index contributed by atoms with van der Waals surface area (Å²) in [5, 5.41) is 0. The lowest BCUT2D eigenvalue weighted by Crippen LogP contribution is -2.39. The molecule has 1 aliphatic rings. The van der Waals surface area contributed by atoms with Gasteiger partial charge in [-0.2, -0.15) is 0 Å². The Hall–Kier alpha value is -0.380. The molecule has 1 aromatic rings. The van der Waals surface area contributed by atoms with Crippen LogP contribution in [0.5, 0.6) is 0 Å². The van der Waals surface area contributed by atoms with E-state index in [9.17, 15) is 0 Å². The van der Waals surface area contributed by atoms with Gasteiger partial charge in [-0.15, -0.1) is 0 Å². The highest BCUT2D eigenvalue weighted by atomic mass is 79.9. The standard InChI is InChI=1S/C13H19BrN2/c1-16-7-6-11(8-15)13(9-16)10-2-4-12(14)5-3-10/h2-5,11,13H,6-9,15H2,1H3. The zero-order valence-electron chi connectivity index (χ0n) is 9.70. The maximum Gasteiger partial charge on any atom is 0.0175 e. The zero-order valence-corrected chi connectivity index (χ0v) is 11.3. The highest BCUT2D eigenvalue weighted by molar-refractivity contribution is 9.10. The predicted molar refractivity (Wildman–Crippen MR) is 71.5 cm³/mol. The van der Waals surface area contributed by atoms with Gasteiger partial charge in [0.05, 0.1) is 0 Å². The van der Waals surface area contributed by atoms with Crippen molar-refractivity contribution in [2.45, 2.75) is 12.3 Å². The Kier molecular flexibility index (Phi) is 4.00. The molecule has 1 saturated heterocycles. The largest absolute Gasteiger partial charge is 0.330 e. The molecule has 2 atom stereocenters. The first kappa shape index (κ1) is 12.1. The molecule has 3 heteroatoms. The van der Waals surface area contributed by atoms with Crippen LogP contribution in [-0.2, 0) is 0 Å². The van der Waals surface area contributed by atoms with E-state index in [2.05, 4.69) is 52.1 Å². The second kappa shape index (κ2) is 5.30. The van der Waals surface area contributed by atoms with Crippen molar-refractivity contribution in [1.82, 2.24) is 4.90 Å². The molecule has 0 bridgehead atoms. The molecule has 0 saturated carbocycles. The first-order chi connectivity index (χ1) is 7.70. The van der Waals surface area contributed by atoms with Crippen LogP contribution in [0.4, 0.5) is 0 Å². The van der Waals surface area contributed by atoms with E-state index in [1.807, 2.05) is 0 Å². The number of halogens is 1. The van der Waals surface area contributed by atoms with Crippen molar-refractivity contribution in [3.05, 3.63) is 34.3 Å². The maximum atomic E-state index is 5.88. The fourth-order valence-corrected chi connectivity index (χ4v) is 2.80. The third-order valence-corrected chi connectivity index (χ3v) is 4.09. The Morgan fingerprint density at radius 1 is 1.38 bits per heavy atom. The second-order valence-electron chi connectivity index (χ2n) is 4.70. The van der Waals surface area contributed by atoms with Crippen molar-refractivity contribution in [2.75, 3.05) is 26.7 Å². The number of nitrogens with two attached hydrogens (primary N) is 1. The molecule has 1 fully saturated rings. The summed E-state index contributed by atoms with van der Waals surface area (Å²) < 4.78 is 1.14. The zero-order chi connectivity index (χ0) is 11.5. The topological polar surface area (TPSA) is 29.3 Å². The van der Waals surface area contributed by atoms with Gasteiger partial charge < -0.3 is 10.6 Å². The summed E-state index contributed by atoms with van der Waals surface area (Å²) in [7, 11) is 2.19. The fraction of sp³-hybridized carbons (Fsp3) is 0.538. The van der Waals surface area contributed by atoms with Crippen molar-refractivity contribution in [3.8, 4) is 0 Å². The molecule has 88 valence electrons. The minimum absolute atomic E-state index is 0.594. The Balaban J connectivity index is 2.18. The van der Waals surface area contributed by atoms with Crippen LogP contribution in [0.3, 0.4) is 0 Å². The number of likely N-dealkylation sites (tertiary alicyclic amines) is 1. The third-order valence-electron chi connectivity index (χ3n) is 3.56. The highest BCUT2D eigenvalue weighted by Gasteiger charge is 2.27. The molecular weight excluding hydrogens is 264 g/mol. The van der Waals surface area contributed by atoms with Crippen LogP contribution < -0.4 is 5.73 Å². The average molecular weight is 283 g/mol. The van der Waals surface area contributed by atoms with E-state index >= 15 is 0 Å². The van der Waals surface area contributed by atoms with E-state index in [1.54, 1.807) is 0 Å². The van der Waals surface area contributed by atoms with Gasteiger partial charge in [-0.1, -0.05) is 28.1 Å². The summed E-state index contributed by atoms with van der Waals surface area (Å²) in [6.45, 7) is 3.10. The van der Waals surface area contributed by atoms with E-state index in [0.717, 1.165) is 17.6 Å². The molecule has 0 aromatic heterocycles. The summed E-state index contributed by atoms with van der Waals surface area (Å²) in [6.07, 6.45) is 1.22. The molecule has 1 aliphatic heterocycles.